The van der Waals surface area contributed by atoms with Crippen LogP contribution in [0.25, 0.3) is 0 Å². The van der Waals surface area contributed by atoms with Gasteiger partial charge in [-0.2, -0.15) is 0 Å². The first-order valence-electron chi connectivity index (χ1n) is 4.75. The summed E-state index contributed by atoms with van der Waals surface area (Å²) in [5.74, 6) is -0.343. The van der Waals surface area contributed by atoms with E-state index in [-0.39, 0.29) is 5.97 Å². The molecule has 0 aliphatic carbocycles. The van der Waals surface area contributed by atoms with Gasteiger partial charge in [0.15, 0.2) is 0 Å². The Morgan fingerprint density at radius 2 is 2.19 bits per heavy atom. The van der Waals surface area contributed by atoms with Gasteiger partial charge < -0.3 is 0 Å². The molecule has 0 spiro atoms. The van der Waals surface area contributed by atoms with E-state index in [1.807, 2.05) is 13.8 Å². The molecule has 0 atom stereocenters. The van der Waals surface area contributed by atoms with Crippen LogP contribution in [0.2, 0.25) is 0 Å². The van der Waals surface area contributed by atoms with Gasteiger partial charge in [0.2, 0.25) is 0 Å². The number of amidine groups is 1. The van der Waals surface area contributed by atoms with Crippen LogP contribution in [0.3, 0.4) is 0 Å². The average Bonchev–Trinajstić information content (AvgIpc) is 2.41. The van der Waals surface area contributed by atoms with Gasteiger partial charge in [-0.3, -0.25) is 0 Å². The first-order chi connectivity index (χ1) is 7.47. The first kappa shape index (κ1) is 13.2. The molecular weight excluding hydrogens is 291 g/mol. The molecule has 0 saturated carbocycles. The third-order valence-corrected chi connectivity index (χ3v) is 3.35. The summed E-state index contributed by atoms with van der Waals surface area (Å²) in [5.41, 5.74) is 6.90. The van der Waals surface area contributed by atoms with Crippen molar-refractivity contribution in [3.8, 4) is 0 Å². The molecule has 1 heterocycles. The Morgan fingerprint density at radius 1 is 1.56 bits per heavy atom. The molecule has 1 aromatic heterocycles. The first-order valence-corrected chi connectivity index (χ1v) is 6.43. The van der Waals surface area contributed by atoms with Gasteiger partial charge in [-0.05, 0) is 0 Å². The van der Waals surface area contributed by atoms with Gasteiger partial charge in [0.1, 0.15) is 0 Å². The van der Waals surface area contributed by atoms with Gasteiger partial charge in [0, 0.05) is 0 Å². The molecule has 1 radical (unpaired) electrons. The van der Waals surface area contributed by atoms with Crippen LogP contribution in [0.5, 0.6) is 0 Å². The summed E-state index contributed by atoms with van der Waals surface area (Å²) in [4.78, 5) is 16.9. The van der Waals surface area contributed by atoms with Crippen LogP contribution in [0, 0.1) is 13.8 Å². The molecule has 0 aliphatic rings. The number of nitrogens with two attached hydrogens (primary N) is 1. The van der Waals surface area contributed by atoms with E-state index in [1.165, 1.54) is 11.3 Å². The summed E-state index contributed by atoms with van der Waals surface area (Å²) in [6.45, 7) is 5.95. The van der Waals surface area contributed by atoms with E-state index in [9.17, 15) is 4.79 Å². The fraction of sp³-hybridized carbons (Fsp3) is 0.400. The summed E-state index contributed by atoms with van der Waals surface area (Å²) in [6, 6.07) is 0. The maximum absolute atomic E-state index is 11.7. The molecule has 0 aromatic carbocycles. The summed E-state index contributed by atoms with van der Waals surface area (Å²) >= 11 is 4.03. The van der Waals surface area contributed by atoms with Gasteiger partial charge in [0.25, 0.3) is 0 Å². The topological polar surface area (TPSA) is 64.7 Å². The Balaban J connectivity index is 3.24. The molecule has 87 valence electrons. The fourth-order valence-electron chi connectivity index (χ4n) is 1.23. The fourth-order valence-corrected chi connectivity index (χ4v) is 2.58. The Hall–Kier alpha value is -0.841. The maximum atomic E-state index is 11.7. The van der Waals surface area contributed by atoms with Gasteiger partial charge in [-0.1, -0.05) is 0 Å². The number of hydrogen-bond acceptors (Lipinski definition) is 4. The summed E-state index contributed by atoms with van der Waals surface area (Å²) < 4.78 is 5.30. The second-order valence-corrected chi connectivity index (χ2v) is 5.21. The quantitative estimate of drug-likeness (QED) is 0.400. The molecule has 16 heavy (non-hydrogen) atoms. The van der Waals surface area contributed by atoms with E-state index < -0.39 is 0 Å². The zero-order chi connectivity index (χ0) is 12.3. The molecule has 1 aromatic rings. The number of thiophene rings is 1. The van der Waals surface area contributed by atoms with Crippen LogP contribution in [-0.2, 0) is 4.74 Å². The molecule has 6 heteroatoms. The molecule has 2 N–H and O–H groups in total. The van der Waals surface area contributed by atoms with Crippen LogP contribution in [-0.4, -0.2) is 33.3 Å². The van der Waals surface area contributed by atoms with E-state index in [2.05, 4.69) is 21.0 Å². The van der Waals surface area contributed by atoms with Crippen LogP contribution in [0.4, 0.5) is 5.00 Å². The second-order valence-electron chi connectivity index (χ2n) is 3.13. The molecule has 4 nitrogen and oxygen atoms in total. The predicted octanol–water partition coefficient (Wildman–Crippen LogP) is 1.66. The Morgan fingerprint density at radius 3 is 2.69 bits per heavy atom. The van der Waals surface area contributed by atoms with Gasteiger partial charge in [0.05, 0.1) is 0 Å². The van der Waals surface area contributed by atoms with Crippen molar-refractivity contribution >= 4 is 43.1 Å². The Kier molecular flexibility index (Phi) is 4.53. The summed E-state index contributed by atoms with van der Waals surface area (Å²) in [7, 11) is 0. The normalized spacial score (nSPS) is 11.6. The van der Waals surface area contributed by atoms with Crippen molar-refractivity contribution in [3.05, 3.63) is 16.0 Å². The van der Waals surface area contributed by atoms with Crippen molar-refractivity contribution in [2.45, 2.75) is 20.8 Å². The molecule has 0 fully saturated rings. The standard InChI is InChI=1S/C10H13N2O2SSe/c1-4-14-9(13)7-5(2)6(3)15-8(7)12-10(11)16/h4H2,1-3H3,(H2,11,12). The van der Waals surface area contributed by atoms with Gasteiger partial charge in [-0.15, -0.1) is 0 Å². The molecule has 1 rings (SSSR count). The van der Waals surface area contributed by atoms with Crippen LogP contribution < -0.4 is 5.73 Å². The SMILES string of the molecule is CCOC(=O)c1c(N=C(N)[Se])sc(C)c1C. The van der Waals surface area contributed by atoms with Crippen molar-refractivity contribution in [2.75, 3.05) is 6.61 Å². The van der Waals surface area contributed by atoms with E-state index in [0.29, 0.717) is 21.9 Å². The summed E-state index contributed by atoms with van der Waals surface area (Å²) in [5, 5.41) is 0.602. The van der Waals surface area contributed by atoms with Crippen LogP contribution >= 0.6 is 11.3 Å². The number of esters is 1. The minimum atomic E-state index is -0.343. The third kappa shape index (κ3) is 2.84. The number of aryl methyl sites for hydroxylation is 1. The Bertz CT molecular complexity index is 436. The number of carbonyl (C=O) groups is 1. The number of nitrogens with zero attached hydrogens (tertiary/aromatic N) is 1. The van der Waals surface area contributed by atoms with Crippen molar-refractivity contribution in [1.82, 2.24) is 0 Å². The zero-order valence-corrected chi connectivity index (χ0v) is 11.9. The predicted molar refractivity (Wildman–Crippen MR) is 66.8 cm³/mol. The minimum absolute atomic E-state index is 0.312. The molecule has 0 aliphatic heterocycles. The number of aliphatic imine (C=N–C) groups is 1. The Labute approximate surface area is 107 Å². The van der Waals surface area contributed by atoms with Gasteiger partial charge in [-0.25, -0.2) is 0 Å². The van der Waals surface area contributed by atoms with Gasteiger partial charge >= 0.3 is 107 Å². The van der Waals surface area contributed by atoms with Crippen molar-refractivity contribution in [1.29, 1.82) is 0 Å². The van der Waals surface area contributed by atoms with E-state index in [4.69, 9.17) is 10.5 Å². The molecule has 0 saturated heterocycles. The average molecular weight is 304 g/mol. The molecule has 0 bridgehead atoms. The second kappa shape index (κ2) is 5.48. The van der Waals surface area contributed by atoms with E-state index in [1.54, 1.807) is 6.92 Å². The summed E-state index contributed by atoms with van der Waals surface area (Å²) in [6.07, 6.45) is 0. The molecule has 0 amide bonds. The third-order valence-electron chi connectivity index (χ3n) is 2.06. The number of rotatable bonds is 3. The van der Waals surface area contributed by atoms with Crippen molar-refractivity contribution < 1.29 is 9.53 Å². The van der Waals surface area contributed by atoms with Crippen molar-refractivity contribution in [2.24, 2.45) is 10.7 Å². The van der Waals surface area contributed by atoms with Crippen molar-refractivity contribution in [3.63, 3.8) is 0 Å². The number of ether oxygens (including phenoxy) is 1. The number of hydrogen-bond donors (Lipinski definition) is 1. The van der Waals surface area contributed by atoms with E-state index in [0.717, 1.165) is 10.4 Å². The monoisotopic (exact) mass is 305 g/mol. The molecular formula is C10H13N2O2SSe. The van der Waals surface area contributed by atoms with E-state index >= 15 is 0 Å². The zero-order valence-electron chi connectivity index (χ0n) is 9.36. The number of carbonyl (C=O) groups excluding carboxylic acids is 1. The van der Waals surface area contributed by atoms with Crippen LogP contribution in [0.15, 0.2) is 4.99 Å². The molecule has 0 unspecified atom stereocenters. The van der Waals surface area contributed by atoms with Crippen LogP contribution in [0.1, 0.15) is 27.7 Å².